The molecular formula is C18H25ClFN3O2. The summed E-state index contributed by atoms with van der Waals surface area (Å²) >= 11 is 0. The maximum Gasteiger partial charge on any atom is 0.253 e. The average Bonchev–Trinajstić information content (AvgIpc) is 3.15. The van der Waals surface area contributed by atoms with E-state index in [1.54, 1.807) is 4.90 Å². The molecule has 0 bridgehead atoms. The molecule has 5 nitrogen and oxygen atoms in total. The number of carbonyl (C=O) groups is 2. The Morgan fingerprint density at radius 2 is 1.96 bits per heavy atom. The Morgan fingerprint density at radius 1 is 1.20 bits per heavy atom. The largest absolute Gasteiger partial charge is 0.354 e. The van der Waals surface area contributed by atoms with E-state index in [1.807, 2.05) is 0 Å². The van der Waals surface area contributed by atoms with E-state index in [0.29, 0.717) is 25.2 Å². The van der Waals surface area contributed by atoms with E-state index in [4.69, 9.17) is 0 Å². The fourth-order valence-electron chi connectivity index (χ4n) is 3.47. The molecule has 7 heteroatoms. The van der Waals surface area contributed by atoms with Crippen molar-refractivity contribution in [3.8, 4) is 0 Å². The molecule has 0 radical (unpaired) electrons. The number of rotatable bonds is 4. The summed E-state index contributed by atoms with van der Waals surface area (Å²) in [6.07, 6.45) is 3.87. The number of benzene rings is 1. The second kappa shape index (κ2) is 9.15. The Bertz CT molecular complexity index is 590. The van der Waals surface area contributed by atoms with Crippen molar-refractivity contribution in [2.45, 2.75) is 31.7 Å². The van der Waals surface area contributed by atoms with E-state index in [2.05, 4.69) is 10.6 Å². The van der Waals surface area contributed by atoms with Gasteiger partial charge in [0.15, 0.2) is 0 Å². The first-order chi connectivity index (χ1) is 11.6. The summed E-state index contributed by atoms with van der Waals surface area (Å²) in [6, 6.07) is 5.60. The third-order valence-corrected chi connectivity index (χ3v) is 4.84. The van der Waals surface area contributed by atoms with Gasteiger partial charge in [0.05, 0.1) is 6.04 Å². The molecule has 2 amide bonds. The molecule has 2 aliphatic heterocycles. The standard InChI is InChI=1S/C18H24FN3O2.ClH/c19-15-7-5-14(6-8-15)18(24)22-10-2-3-13(12-22)11-21-17(23)16-4-1-9-20-16;/h5-8,13,16,20H,1-4,9-12H2,(H,21,23);1H. The second-order valence-electron chi connectivity index (χ2n) is 6.66. The Morgan fingerprint density at radius 3 is 2.64 bits per heavy atom. The number of halogens is 2. The molecule has 2 unspecified atom stereocenters. The van der Waals surface area contributed by atoms with Crippen molar-refractivity contribution in [2.24, 2.45) is 5.92 Å². The van der Waals surface area contributed by atoms with Gasteiger partial charge in [-0.3, -0.25) is 9.59 Å². The fraction of sp³-hybridized carbons (Fsp3) is 0.556. The quantitative estimate of drug-likeness (QED) is 0.853. The van der Waals surface area contributed by atoms with Crippen molar-refractivity contribution >= 4 is 24.2 Å². The minimum atomic E-state index is -0.341. The van der Waals surface area contributed by atoms with Gasteiger partial charge in [-0.1, -0.05) is 0 Å². The SMILES string of the molecule is Cl.O=C(NCC1CCCN(C(=O)c2ccc(F)cc2)C1)C1CCCN1. The van der Waals surface area contributed by atoms with Crippen molar-refractivity contribution in [3.05, 3.63) is 35.6 Å². The summed E-state index contributed by atoms with van der Waals surface area (Å²) in [5.41, 5.74) is 0.510. The predicted octanol–water partition coefficient (Wildman–Crippen LogP) is 1.97. The van der Waals surface area contributed by atoms with Crippen molar-refractivity contribution in [3.63, 3.8) is 0 Å². The number of hydrogen-bond donors (Lipinski definition) is 2. The first-order valence-corrected chi connectivity index (χ1v) is 8.69. The molecule has 1 aromatic rings. The van der Waals surface area contributed by atoms with Crippen LogP contribution in [0.3, 0.4) is 0 Å². The summed E-state index contributed by atoms with van der Waals surface area (Å²) in [7, 11) is 0. The van der Waals surface area contributed by atoms with E-state index >= 15 is 0 Å². The van der Waals surface area contributed by atoms with Crippen LogP contribution in [0, 0.1) is 11.7 Å². The summed E-state index contributed by atoms with van der Waals surface area (Å²) in [4.78, 5) is 26.4. The van der Waals surface area contributed by atoms with Gasteiger partial charge >= 0.3 is 0 Å². The van der Waals surface area contributed by atoms with Crippen LogP contribution in [0.5, 0.6) is 0 Å². The van der Waals surface area contributed by atoms with Crippen LogP contribution >= 0.6 is 12.4 Å². The molecule has 2 aliphatic rings. The molecule has 2 heterocycles. The molecule has 1 aromatic carbocycles. The molecule has 138 valence electrons. The van der Waals surface area contributed by atoms with Crippen molar-refractivity contribution < 1.29 is 14.0 Å². The van der Waals surface area contributed by atoms with E-state index in [-0.39, 0.29) is 42.0 Å². The van der Waals surface area contributed by atoms with Gasteiger partial charge in [-0.25, -0.2) is 4.39 Å². The van der Waals surface area contributed by atoms with Crippen LogP contribution in [-0.4, -0.2) is 48.9 Å². The van der Waals surface area contributed by atoms with Crippen molar-refractivity contribution in [1.82, 2.24) is 15.5 Å². The number of nitrogens with zero attached hydrogens (tertiary/aromatic N) is 1. The van der Waals surface area contributed by atoms with Gasteiger partial charge in [0, 0.05) is 25.2 Å². The smallest absolute Gasteiger partial charge is 0.253 e. The highest BCUT2D eigenvalue weighted by molar-refractivity contribution is 5.94. The van der Waals surface area contributed by atoms with E-state index in [1.165, 1.54) is 24.3 Å². The Labute approximate surface area is 153 Å². The van der Waals surface area contributed by atoms with Gasteiger partial charge in [-0.05, 0) is 62.4 Å². The summed E-state index contributed by atoms with van der Waals surface area (Å²) in [5, 5.41) is 6.20. The lowest BCUT2D eigenvalue weighted by Crippen LogP contribution is -2.46. The molecule has 2 fully saturated rings. The molecule has 3 rings (SSSR count). The molecular weight excluding hydrogens is 345 g/mol. The van der Waals surface area contributed by atoms with Crippen molar-refractivity contribution in [1.29, 1.82) is 0 Å². The van der Waals surface area contributed by atoms with Crippen LogP contribution in [0.15, 0.2) is 24.3 Å². The molecule has 0 spiro atoms. The fourth-order valence-corrected chi connectivity index (χ4v) is 3.47. The minimum Gasteiger partial charge on any atom is -0.354 e. The number of carbonyl (C=O) groups excluding carboxylic acids is 2. The molecule has 0 aromatic heterocycles. The Balaban J connectivity index is 0.00000225. The van der Waals surface area contributed by atoms with Crippen LogP contribution in [-0.2, 0) is 4.79 Å². The van der Waals surface area contributed by atoms with Crippen LogP contribution in [0.2, 0.25) is 0 Å². The van der Waals surface area contributed by atoms with Gasteiger partial charge in [0.25, 0.3) is 5.91 Å². The lowest BCUT2D eigenvalue weighted by Gasteiger charge is -2.33. The van der Waals surface area contributed by atoms with Gasteiger partial charge in [-0.2, -0.15) is 0 Å². The number of likely N-dealkylation sites (tertiary alicyclic amines) is 1. The highest BCUT2D eigenvalue weighted by atomic mass is 35.5. The van der Waals surface area contributed by atoms with Crippen LogP contribution in [0.4, 0.5) is 4.39 Å². The molecule has 2 N–H and O–H groups in total. The summed E-state index contributed by atoms with van der Waals surface area (Å²) < 4.78 is 13.0. The number of hydrogen-bond acceptors (Lipinski definition) is 3. The molecule has 2 saturated heterocycles. The molecule has 2 atom stereocenters. The second-order valence-corrected chi connectivity index (χ2v) is 6.66. The zero-order valence-electron chi connectivity index (χ0n) is 14.2. The number of nitrogens with one attached hydrogen (secondary N) is 2. The van der Waals surface area contributed by atoms with Gasteiger partial charge in [0.1, 0.15) is 5.82 Å². The molecule has 0 saturated carbocycles. The van der Waals surface area contributed by atoms with E-state index < -0.39 is 0 Å². The van der Waals surface area contributed by atoms with Crippen LogP contribution in [0.25, 0.3) is 0 Å². The first-order valence-electron chi connectivity index (χ1n) is 8.69. The van der Waals surface area contributed by atoms with Gasteiger partial charge in [0.2, 0.25) is 5.91 Å². The first kappa shape index (κ1) is 19.7. The summed E-state index contributed by atoms with van der Waals surface area (Å²) in [6.45, 7) is 2.85. The zero-order chi connectivity index (χ0) is 16.9. The van der Waals surface area contributed by atoms with Crippen LogP contribution < -0.4 is 10.6 Å². The monoisotopic (exact) mass is 369 g/mol. The number of amides is 2. The highest BCUT2D eigenvalue weighted by Crippen LogP contribution is 2.18. The van der Waals surface area contributed by atoms with Crippen LogP contribution in [0.1, 0.15) is 36.0 Å². The third kappa shape index (κ3) is 5.16. The molecule has 25 heavy (non-hydrogen) atoms. The average molecular weight is 370 g/mol. The maximum absolute atomic E-state index is 13.0. The van der Waals surface area contributed by atoms with E-state index in [9.17, 15) is 14.0 Å². The lowest BCUT2D eigenvalue weighted by molar-refractivity contribution is -0.123. The maximum atomic E-state index is 13.0. The van der Waals surface area contributed by atoms with E-state index in [0.717, 1.165) is 32.2 Å². The van der Waals surface area contributed by atoms with Gasteiger partial charge in [-0.15, -0.1) is 12.4 Å². The third-order valence-electron chi connectivity index (χ3n) is 4.84. The summed E-state index contributed by atoms with van der Waals surface area (Å²) in [5.74, 6) is -0.0715. The normalized spacial score (nSPS) is 23.0. The topological polar surface area (TPSA) is 61.4 Å². The zero-order valence-corrected chi connectivity index (χ0v) is 15.0. The minimum absolute atomic E-state index is 0. The predicted molar refractivity (Wildman–Crippen MR) is 96.3 cm³/mol. The Hall–Kier alpha value is -1.66. The Kier molecular flexibility index (Phi) is 7.20. The molecule has 0 aliphatic carbocycles. The van der Waals surface area contributed by atoms with Gasteiger partial charge < -0.3 is 15.5 Å². The highest BCUT2D eigenvalue weighted by Gasteiger charge is 2.26. The lowest BCUT2D eigenvalue weighted by atomic mass is 9.97. The number of piperidine rings is 1. The van der Waals surface area contributed by atoms with Crippen molar-refractivity contribution in [2.75, 3.05) is 26.2 Å².